The molecule has 0 saturated heterocycles. The highest BCUT2D eigenvalue weighted by Gasteiger charge is 2.05. The van der Waals surface area contributed by atoms with E-state index in [0.29, 0.717) is 13.2 Å². The molecule has 0 radical (unpaired) electrons. The van der Waals surface area contributed by atoms with Gasteiger partial charge in [0.15, 0.2) is 0 Å². The summed E-state index contributed by atoms with van der Waals surface area (Å²) < 4.78 is 6.49. The molecule has 0 fully saturated rings. The first-order valence-electron chi connectivity index (χ1n) is 6.57. The zero-order valence-corrected chi connectivity index (χ0v) is 12.0. The quantitative estimate of drug-likeness (QED) is 0.741. The minimum Gasteiger partial charge on any atom is -0.383 e. The molecule has 1 atom stereocenters. The van der Waals surface area contributed by atoms with Gasteiger partial charge in [-0.15, -0.1) is 0 Å². The van der Waals surface area contributed by atoms with Crippen LogP contribution in [0.5, 0.6) is 0 Å². The van der Waals surface area contributed by atoms with Crippen LogP contribution >= 0.6 is 0 Å². The number of aryl methyl sites for hydroxylation is 1. The second-order valence-electron chi connectivity index (χ2n) is 4.81. The van der Waals surface area contributed by atoms with Crippen LogP contribution in [-0.2, 0) is 11.3 Å². The molecule has 6 nitrogen and oxygen atoms in total. The number of likely N-dealkylation sites (N-methyl/N-ethyl adjacent to an activating group) is 1. The Hall–Kier alpha value is -1.40. The highest BCUT2D eigenvalue weighted by molar-refractivity contribution is 5.41. The maximum Gasteiger partial charge on any atom is 0.268 e. The number of anilines is 1. The highest BCUT2D eigenvalue weighted by atomic mass is 16.5. The van der Waals surface area contributed by atoms with Crippen molar-refractivity contribution in [3.05, 3.63) is 22.6 Å². The summed E-state index contributed by atoms with van der Waals surface area (Å²) in [5.41, 5.74) is 6.41. The van der Waals surface area contributed by atoms with Crippen LogP contribution in [0.4, 0.5) is 5.69 Å². The Morgan fingerprint density at radius 3 is 2.89 bits per heavy atom. The summed E-state index contributed by atoms with van der Waals surface area (Å²) >= 11 is 0. The summed E-state index contributed by atoms with van der Waals surface area (Å²) in [6, 6.07) is 1.77. The van der Waals surface area contributed by atoms with E-state index in [-0.39, 0.29) is 11.6 Å². The average Bonchev–Trinajstić information content (AvgIpc) is 2.37. The SMILES string of the molecule is COCCN(C)c1cnn(CCCC(C)N)c(=O)c1. The lowest BCUT2D eigenvalue weighted by Gasteiger charge is -2.18. The lowest BCUT2D eigenvalue weighted by molar-refractivity contribution is 0.206. The Morgan fingerprint density at radius 2 is 2.32 bits per heavy atom. The fraction of sp³-hybridized carbons (Fsp3) is 0.692. The van der Waals surface area contributed by atoms with Gasteiger partial charge < -0.3 is 15.4 Å². The smallest absolute Gasteiger partial charge is 0.268 e. The number of nitrogens with zero attached hydrogens (tertiary/aromatic N) is 3. The molecule has 1 heterocycles. The zero-order chi connectivity index (χ0) is 14.3. The van der Waals surface area contributed by atoms with Crippen LogP contribution in [-0.4, -0.2) is 43.1 Å². The molecule has 0 saturated carbocycles. The molecule has 108 valence electrons. The van der Waals surface area contributed by atoms with Crippen molar-refractivity contribution in [2.75, 3.05) is 32.2 Å². The lowest BCUT2D eigenvalue weighted by atomic mass is 10.2. The summed E-state index contributed by atoms with van der Waals surface area (Å²) in [4.78, 5) is 13.9. The summed E-state index contributed by atoms with van der Waals surface area (Å²) in [5, 5.41) is 4.19. The largest absolute Gasteiger partial charge is 0.383 e. The fourth-order valence-corrected chi connectivity index (χ4v) is 1.72. The van der Waals surface area contributed by atoms with E-state index in [2.05, 4.69) is 5.10 Å². The molecule has 6 heteroatoms. The van der Waals surface area contributed by atoms with Crippen molar-refractivity contribution >= 4 is 5.69 Å². The van der Waals surface area contributed by atoms with Crippen LogP contribution < -0.4 is 16.2 Å². The van der Waals surface area contributed by atoms with Gasteiger partial charge >= 0.3 is 0 Å². The standard InChI is InChI=1S/C13H24N4O2/c1-11(14)5-4-6-17-13(18)9-12(10-15-17)16(2)7-8-19-3/h9-11H,4-8,14H2,1-3H3. The van der Waals surface area contributed by atoms with Crippen molar-refractivity contribution in [2.24, 2.45) is 5.73 Å². The van der Waals surface area contributed by atoms with Crippen molar-refractivity contribution in [3.63, 3.8) is 0 Å². The van der Waals surface area contributed by atoms with Crippen molar-refractivity contribution in [2.45, 2.75) is 32.4 Å². The minimum absolute atomic E-state index is 0.0774. The molecular weight excluding hydrogens is 244 g/mol. The Bertz CT molecular complexity index is 431. The van der Waals surface area contributed by atoms with Gasteiger partial charge in [-0.1, -0.05) is 0 Å². The molecule has 1 aromatic rings. The first kappa shape index (κ1) is 15.7. The van der Waals surface area contributed by atoms with Crippen LogP contribution in [0.2, 0.25) is 0 Å². The predicted octanol–water partition coefficient (Wildman–Crippen LogP) is 0.453. The number of aromatic nitrogens is 2. The van der Waals surface area contributed by atoms with Crippen LogP contribution in [0, 0.1) is 0 Å². The normalized spacial score (nSPS) is 12.4. The van der Waals surface area contributed by atoms with Gasteiger partial charge in [-0.3, -0.25) is 4.79 Å². The van der Waals surface area contributed by atoms with E-state index >= 15 is 0 Å². The molecule has 1 rings (SSSR count). The molecule has 0 amide bonds. The molecule has 19 heavy (non-hydrogen) atoms. The van der Waals surface area contributed by atoms with E-state index in [0.717, 1.165) is 25.1 Å². The monoisotopic (exact) mass is 268 g/mol. The topological polar surface area (TPSA) is 73.4 Å². The number of hydrogen-bond acceptors (Lipinski definition) is 5. The van der Waals surface area contributed by atoms with Crippen LogP contribution in [0.15, 0.2) is 17.1 Å². The van der Waals surface area contributed by atoms with E-state index in [1.807, 2.05) is 18.9 Å². The summed E-state index contributed by atoms with van der Waals surface area (Å²) in [7, 11) is 3.57. The molecule has 0 aromatic carbocycles. The first-order valence-corrected chi connectivity index (χ1v) is 6.57. The molecule has 1 aromatic heterocycles. The molecule has 0 aliphatic rings. The predicted molar refractivity (Wildman–Crippen MR) is 76.5 cm³/mol. The number of methoxy groups -OCH3 is 1. The van der Waals surface area contributed by atoms with Crippen molar-refractivity contribution in [1.29, 1.82) is 0 Å². The van der Waals surface area contributed by atoms with Gasteiger partial charge in [0, 0.05) is 39.4 Å². The molecule has 0 aliphatic carbocycles. The van der Waals surface area contributed by atoms with Gasteiger partial charge in [-0.05, 0) is 19.8 Å². The third-order valence-electron chi connectivity index (χ3n) is 2.96. The van der Waals surface area contributed by atoms with Crippen molar-refractivity contribution < 1.29 is 4.74 Å². The van der Waals surface area contributed by atoms with Crippen LogP contribution in [0.1, 0.15) is 19.8 Å². The molecule has 2 N–H and O–H groups in total. The zero-order valence-electron chi connectivity index (χ0n) is 12.0. The minimum atomic E-state index is -0.0774. The Labute approximate surface area is 114 Å². The van der Waals surface area contributed by atoms with E-state index in [1.54, 1.807) is 19.4 Å². The van der Waals surface area contributed by atoms with E-state index in [4.69, 9.17) is 10.5 Å². The Morgan fingerprint density at radius 1 is 1.58 bits per heavy atom. The fourth-order valence-electron chi connectivity index (χ4n) is 1.72. The van der Waals surface area contributed by atoms with Crippen LogP contribution in [0.3, 0.4) is 0 Å². The Kier molecular flexibility index (Phi) is 6.52. The van der Waals surface area contributed by atoms with E-state index < -0.39 is 0 Å². The molecule has 0 bridgehead atoms. The van der Waals surface area contributed by atoms with Crippen molar-refractivity contribution in [1.82, 2.24) is 9.78 Å². The molecule has 1 unspecified atom stereocenters. The third-order valence-corrected chi connectivity index (χ3v) is 2.96. The molecular formula is C13H24N4O2. The Balaban J connectivity index is 2.61. The van der Waals surface area contributed by atoms with Gasteiger partial charge in [0.2, 0.25) is 0 Å². The number of ether oxygens (including phenoxy) is 1. The second kappa shape index (κ2) is 7.91. The summed E-state index contributed by atoms with van der Waals surface area (Å²) in [6.45, 7) is 3.92. The highest BCUT2D eigenvalue weighted by Crippen LogP contribution is 2.06. The number of rotatable bonds is 8. The van der Waals surface area contributed by atoms with Crippen molar-refractivity contribution in [3.8, 4) is 0 Å². The van der Waals surface area contributed by atoms with E-state index in [9.17, 15) is 4.79 Å². The maximum atomic E-state index is 11.9. The van der Waals surface area contributed by atoms with Gasteiger partial charge in [0.05, 0.1) is 18.5 Å². The van der Waals surface area contributed by atoms with Gasteiger partial charge in [-0.25, -0.2) is 4.68 Å². The third kappa shape index (κ3) is 5.40. The number of hydrogen-bond donors (Lipinski definition) is 1. The first-order chi connectivity index (χ1) is 9.04. The summed E-state index contributed by atoms with van der Waals surface area (Å²) in [5.74, 6) is 0. The number of nitrogens with two attached hydrogens (primary N) is 1. The molecule has 0 aliphatic heterocycles. The average molecular weight is 268 g/mol. The second-order valence-corrected chi connectivity index (χ2v) is 4.81. The maximum absolute atomic E-state index is 11.9. The van der Waals surface area contributed by atoms with E-state index in [1.165, 1.54) is 4.68 Å². The molecule has 0 spiro atoms. The summed E-state index contributed by atoms with van der Waals surface area (Å²) in [6.07, 6.45) is 3.47. The van der Waals surface area contributed by atoms with Gasteiger partial charge in [-0.2, -0.15) is 5.10 Å². The lowest BCUT2D eigenvalue weighted by Crippen LogP contribution is -2.28. The van der Waals surface area contributed by atoms with Gasteiger partial charge in [0.25, 0.3) is 5.56 Å². The van der Waals surface area contributed by atoms with Crippen LogP contribution in [0.25, 0.3) is 0 Å². The van der Waals surface area contributed by atoms with Gasteiger partial charge in [0.1, 0.15) is 0 Å².